The van der Waals surface area contributed by atoms with Gasteiger partial charge in [-0.15, -0.1) is 0 Å². The number of hydrogen-bond donors (Lipinski definition) is 1. The number of benzene rings is 1. The van der Waals surface area contributed by atoms with Gasteiger partial charge in [0, 0.05) is 51.3 Å². The fourth-order valence-electron chi connectivity index (χ4n) is 3.47. The number of nitrogens with two attached hydrogens (primary N) is 1. The summed E-state index contributed by atoms with van der Waals surface area (Å²) >= 11 is 0. The number of carbonyl (C=O) groups excluding carboxylic acids is 1. The van der Waals surface area contributed by atoms with Crippen LogP contribution in [0.25, 0.3) is 0 Å². The number of piperazine rings is 1. The third kappa shape index (κ3) is 3.13. The molecule has 7 heteroatoms. The van der Waals surface area contributed by atoms with Gasteiger partial charge in [0.05, 0.1) is 18.2 Å². The standard InChI is InChI=1S/C17H21FN4O2/c18-15-9-13(10-19)1-2-14(15)11-21-4-6-22(7-5-21)17(16(20)23)3-8-24-12-17/h1-2,9H,3-8,11-12H2,(H2,20,23). The van der Waals surface area contributed by atoms with E-state index in [4.69, 9.17) is 15.7 Å². The minimum atomic E-state index is -0.689. The molecule has 1 unspecified atom stereocenters. The fourth-order valence-corrected chi connectivity index (χ4v) is 3.47. The molecule has 2 N–H and O–H groups in total. The molecule has 24 heavy (non-hydrogen) atoms. The maximum Gasteiger partial charge on any atom is 0.240 e. The van der Waals surface area contributed by atoms with E-state index in [-0.39, 0.29) is 11.7 Å². The Kier molecular flexibility index (Phi) is 4.81. The highest BCUT2D eigenvalue weighted by molar-refractivity contribution is 5.85. The van der Waals surface area contributed by atoms with Crippen LogP contribution in [0.5, 0.6) is 0 Å². The monoisotopic (exact) mass is 332 g/mol. The zero-order valence-corrected chi connectivity index (χ0v) is 13.5. The Morgan fingerprint density at radius 2 is 2.12 bits per heavy atom. The van der Waals surface area contributed by atoms with Gasteiger partial charge in [0.2, 0.25) is 5.91 Å². The van der Waals surface area contributed by atoms with E-state index < -0.39 is 5.54 Å². The van der Waals surface area contributed by atoms with Crippen LogP contribution in [-0.4, -0.2) is 60.6 Å². The molecule has 6 nitrogen and oxygen atoms in total. The normalized spacial score (nSPS) is 25.5. The molecule has 0 spiro atoms. The summed E-state index contributed by atoms with van der Waals surface area (Å²) in [4.78, 5) is 16.2. The van der Waals surface area contributed by atoms with Crippen LogP contribution in [-0.2, 0) is 16.1 Å². The van der Waals surface area contributed by atoms with Gasteiger partial charge in [0.25, 0.3) is 0 Å². The van der Waals surface area contributed by atoms with Crippen LogP contribution in [0.4, 0.5) is 4.39 Å². The summed E-state index contributed by atoms with van der Waals surface area (Å²) in [6, 6.07) is 6.50. The molecule has 0 bridgehead atoms. The van der Waals surface area contributed by atoms with Crippen LogP contribution >= 0.6 is 0 Å². The summed E-state index contributed by atoms with van der Waals surface area (Å²) in [5.74, 6) is -0.680. The Morgan fingerprint density at radius 1 is 1.38 bits per heavy atom. The molecule has 1 atom stereocenters. The molecular weight excluding hydrogens is 311 g/mol. The zero-order chi connectivity index (χ0) is 17.2. The molecule has 0 saturated carbocycles. The summed E-state index contributed by atoms with van der Waals surface area (Å²) in [6.45, 7) is 4.26. The van der Waals surface area contributed by atoms with Crippen molar-refractivity contribution in [1.29, 1.82) is 5.26 Å². The molecule has 1 amide bonds. The van der Waals surface area contributed by atoms with E-state index in [0.29, 0.717) is 50.4 Å². The average molecular weight is 332 g/mol. The first kappa shape index (κ1) is 16.8. The minimum Gasteiger partial charge on any atom is -0.379 e. The van der Waals surface area contributed by atoms with Crippen LogP contribution in [0.3, 0.4) is 0 Å². The van der Waals surface area contributed by atoms with E-state index in [1.165, 1.54) is 6.07 Å². The van der Waals surface area contributed by atoms with E-state index >= 15 is 0 Å². The molecule has 0 aromatic heterocycles. The van der Waals surface area contributed by atoms with Crippen molar-refractivity contribution >= 4 is 5.91 Å². The van der Waals surface area contributed by atoms with Crippen molar-refractivity contribution in [2.45, 2.75) is 18.5 Å². The Labute approximate surface area is 140 Å². The summed E-state index contributed by atoms with van der Waals surface area (Å²) in [5, 5.41) is 8.80. The summed E-state index contributed by atoms with van der Waals surface area (Å²) in [7, 11) is 0. The van der Waals surface area contributed by atoms with Gasteiger partial charge in [-0.25, -0.2) is 4.39 Å². The van der Waals surface area contributed by atoms with E-state index in [2.05, 4.69) is 9.80 Å². The van der Waals surface area contributed by atoms with Gasteiger partial charge in [0.15, 0.2) is 0 Å². The lowest BCUT2D eigenvalue weighted by Crippen LogP contribution is -2.63. The minimum absolute atomic E-state index is 0.325. The molecule has 2 aliphatic heterocycles. The first-order chi connectivity index (χ1) is 11.5. The van der Waals surface area contributed by atoms with E-state index in [0.717, 1.165) is 13.1 Å². The number of carbonyl (C=O) groups is 1. The maximum absolute atomic E-state index is 14.0. The Morgan fingerprint density at radius 3 is 2.67 bits per heavy atom. The van der Waals surface area contributed by atoms with Crippen molar-refractivity contribution in [1.82, 2.24) is 9.80 Å². The number of amides is 1. The van der Waals surface area contributed by atoms with Crippen molar-refractivity contribution in [3.05, 3.63) is 35.1 Å². The molecule has 2 heterocycles. The molecule has 3 rings (SSSR count). The van der Waals surface area contributed by atoms with Crippen LogP contribution in [0, 0.1) is 17.1 Å². The van der Waals surface area contributed by atoms with Gasteiger partial charge in [-0.3, -0.25) is 14.6 Å². The number of primary amides is 1. The number of nitriles is 1. The molecule has 1 aromatic rings. The van der Waals surface area contributed by atoms with Crippen molar-refractivity contribution in [3.8, 4) is 6.07 Å². The summed E-state index contributed by atoms with van der Waals surface area (Å²) in [6.07, 6.45) is 0.632. The second-order valence-corrected chi connectivity index (χ2v) is 6.38. The van der Waals surface area contributed by atoms with Crippen molar-refractivity contribution < 1.29 is 13.9 Å². The molecular formula is C17H21FN4O2. The molecule has 2 aliphatic rings. The topological polar surface area (TPSA) is 82.6 Å². The van der Waals surface area contributed by atoms with Crippen LogP contribution in [0.2, 0.25) is 0 Å². The van der Waals surface area contributed by atoms with E-state index in [1.807, 2.05) is 6.07 Å². The predicted molar refractivity (Wildman–Crippen MR) is 85.3 cm³/mol. The largest absolute Gasteiger partial charge is 0.379 e. The van der Waals surface area contributed by atoms with Gasteiger partial charge in [-0.1, -0.05) is 6.07 Å². The second-order valence-electron chi connectivity index (χ2n) is 6.38. The van der Waals surface area contributed by atoms with Gasteiger partial charge in [-0.05, 0) is 12.1 Å². The lowest BCUT2D eigenvalue weighted by atomic mass is 9.94. The SMILES string of the molecule is N#Cc1ccc(CN2CCN(C3(C(N)=O)CCOC3)CC2)c(F)c1. The lowest BCUT2D eigenvalue weighted by Gasteiger charge is -2.43. The van der Waals surface area contributed by atoms with Crippen molar-refractivity contribution in [2.75, 3.05) is 39.4 Å². The number of nitrogens with zero attached hydrogens (tertiary/aromatic N) is 3. The van der Waals surface area contributed by atoms with Gasteiger partial charge >= 0.3 is 0 Å². The highest BCUT2D eigenvalue weighted by Crippen LogP contribution is 2.27. The fraction of sp³-hybridized carbons (Fsp3) is 0.529. The lowest BCUT2D eigenvalue weighted by molar-refractivity contribution is -0.132. The Hall–Kier alpha value is -2.01. The van der Waals surface area contributed by atoms with E-state index in [1.54, 1.807) is 12.1 Å². The molecule has 128 valence electrons. The molecule has 1 aromatic carbocycles. The quantitative estimate of drug-likeness (QED) is 0.866. The average Bonchev–Trinajstić information content (AvgIpc) is 3.08. The Balaban J connectivity index is 1.61. The van der Waals surface area contributed by atoms with Crippen molar-refractivity contribution in [3.63, 3.8) is 0 Å². The third-order valence-corrected chi connectivity index (χ3v) is 5.01. The molecule has 2 saturated heterocycles. The van der Waals surface area contributed by atoms with Crippen LogP contribution in [0.1, 0.15) is 17.5 Å². The first-order valence-electron chi connectivity index (χ1n) is 8.09. The number of rotatable bonds is 4. The second kappa shape index (κ2) is 6.85. The van der Waals surface area contributed by atoms with Gasteiger partial charge < -0.3 is 10.5 Å². The predicted octanol–water partition coefficient (Wildman–Crippen LogP) is 0.459. The highest BCUT2D eigenvalue weighted by Gasteiger charge is 2.46. The number of halogens is 1. The smallest absolute Gasteiger partial charge is 0.240 e. The van der Waals surface area contributed by atoms with Crippen molar-refractivity contribution in [2.24, 2.45) is 5.73 Å². The maximum atomic E-state index is 14.0. The summed E-state index contributed by atoms with van der Waals surface area (Å²) in [5.41, 5.74) is 5.83. The molecule has 0 aliphatic carbocycles. The number of hydrogen-bond acceptors (Lipinski definition) is 5. The van der Waals surface area contributed by atoms with Gasteiger partial charge in [-0.2, -0.15) is 5.26 Å². The highest BCUT2D eigenvalue weighted by atomic mass is 19.1. The molecule has 2 fully saturated rings. The summed E-state index contributed by atoms with van der Waals surface area (Å²) < 4.78 is 19.4. The number of ether oxygens (including phenoxy) is 1. The Bertz CT molecular complexity index is 659. The van der Waals surface area contributed by atoms with E-state index in [9.17, 15) is 9.18 Å². The molecule has 0 radical (unpaired) electrons. The van der Waals surface area contributed by atoms with Crippen LogP contribution in [0.15, 0.2) is 18.2 Å². The zero-order valence-electron chi connectivity index (χ0n) is 13.5. The first-order valence-corrected chi connectivity index (χ1v) is 8.09. The third-order valence-electron chi connectivity index (χ3n) is 5.01. The van der Waals surface area contributed by atoms with Crippen LogP contribution < -0.4 is 5.73 Å². The van der Waals surface area contributed by atoms with Gasteiger partial charge in [0.1, 0.15) is 11.4 Å².